The topological polar surface area (TPSA) is 30.8 Å². The highest BCUT2D eigenvalue weighted by atomic mass is 35.5. The molecule has 0 spiro atoms. The van der Waals surface area contributed by atoms with Gasteiger partial charge < -0.3 is 9.49 Å². The van der Waals surface area contributed by atoms with E-state index in [1.54, 1.807) is 0 Å². The van der Waals surface area contributed by atoms with Crippen molar-refractivity contribution in [2.24, 2.45) is 5.16 Å². The molecule has 0 saturated carbocycles. The molecule has 0 rings (SSSR count). The van der Waals surface area contributed by atoms with Crippen molar-refractivity contribution in [3.63, 3.8) is 0 Å². The molecule has 0 aromatic heterocycles. The minimum atomic E-state index is -1.23. The van der Waals surface area contributed by atoms with Gasteiger partial charge in [-0.1, -0.05) is 5.16 Å². The van der Waals surface area contributed by atoms with Gasteiger partial charge in [0, 0.05) is 13.0 Å². The maximum Gasteiger partial charge on any atom is 0.282 e. The summed E-state index contributed by atoms with van der Waals surface area (Å²) in [5, 5.41) is 2.80. The third-order valence-electron chi connectivity index (χ3n) is 1.09. The van der Waals surface area contributed by atoms with Crippen LogP contribution in [-0.2, 0) is 9.49 Å². The fraction of sp³-hybridized carbons (Fsp3) is 0.833. The van der Waals surface area contributed by atoms with Crippen molar-refractivity contribution in [1.82, 2.24) is 0 Å². The molecule has 0 N–H and O–H groups in total. The second kappa shape index (κ2) is 7.37. The summed E-state index contributed by atoms with van der Waals surface area (Å²) in [4.78, 5) is 4.28. The van der Waals surface area contributed by atoms with Gasteiger partial charge in [-0.05, 0) is 0 Å². The highest BCUT2D eigenvalue weighted by molar-refractivity contribution is 6.21. The van der Waals surface area contributed by atoms with Crippen molar-refractivity contribution < 1.29 is 13.9 Å². The standard InChI is InChI=1S/C6H10BClFNO2/c1-11-10-3-6(9)2-5(8)4-12-7/h3,5-6H,2,4H2,1H3/b10-3-/t5-,6+/m1/s1. The highest BCUT2D eigenvalue weighted by Gasteiger charge is 2.11. The van der Waals surface area contributed by atoms with Crippen molar-refractivity contribution in [2.75, 3.05) is 13.7 Å². The Balaban J connectivity index is 3.53. The lowest BCUT2D eigenvalue weighted by molar-refractivity contribution is 0.210. The van der Waals surface area contributed by atoms with Crippen LogP contribution in [0.5, 0.6) is 0 Å². The second-order valence-corrected chi connectivity index (χ2v) is 2.74. The van der Waals surface area contributed by atoms with Crippen molar-refractivity contribution >= 4 is 25.9 Å². The van der Waals surface area contributed by atoms with E-state index in [0.717, 1.165) is 6.21 Å². The predicted molar refractivity (Wildman–Crippen MR) is 46.4 cm³/mol. The summed E-state index contributed by atoms with van der Waals surface area (Å²) in [7, 11) is 6.08. The Kier molecular flexibility index (Phi) is 7.19. The minimum Gasteiger partial charge on any atom is -0.446 e. The largest absolute Gasteiger partial charge is 0.446 e. The van der Waals surface area contributed by atoms with E-state index in [4.69, 9.17) is 19.7 Å². The fourth-order valence-electron chi connectivity index (χ4n) is 0.605. The summed E-state index contributed by atoms with van der Waals surface area (Å²) in [5.41, 5.74) is 0. The van der Waals surface area contributed by atoms with Crippen LogP contribution in [0.2, 0.25) is 0 Å². The van der Waals surface area contributed by atoms with Crippen LogP contribution in [-0.4, -0.2) is 39.5 Å². The lowest BCUT2D eigenvalue weighted by Crippen LogP contribution is -2.15. The summed E-state index contributed by atoms with van der Waals surface area (Å²) < 4.78 is 17.0. The number of hydrogen-bond acceptors (Lipinski definition) is 3. The van der Waals surface area contributed by atoms with E-state index in [1.165, 1.54) is 7.11 Å². The normalized spacial score (nSPS) is 16.2. The average Bonchev–Trinajstić information content (AvgIpc) is 2.01. The summed E-state index contributed by atoms with van der Waals surface area (Å²) in [5.74, 6) is 0. The van der Waals surface area contributed by atoms with Gasteiger partial charge in [-0.15, -0.1) is 11.6 Å². The van der Waals surface area contributed by atoms with E-state index < -0.39 is 11.5 Å². The van der Waals surface area contributed by atoms with Gasteiger partial charge in [0.1, 0.15) is 13.3 Å². The van der Waals surface area contributed by atoms with Crippen molar-refractivity contribution in [3.8, 4) is 0 Å². The van der Waals surface area contributed by atoms with Crippen LogP contribution in [0.1, 0.15) is 6.42 Å². The van der Waals surface area contributed by atoms with Crippen molar-refractivity contribution in [1.29, 1.82) is 0 Å². The van der Waals surface area contributed by atoms with Crippen LogP contribution in [0.3, 0.4) is 0 Å². The molecule has 0 aliphatic heterocycles. The first-order valence-corrected chi connectivity index (χ1v) is 3.80. The minimum absolute atomic E-state index is 0.103. The summed E-state index contributed by atoms with van der Waals surface area (Å²) in [6.07, 6.45) is -0.0973. The monoisotopic (exact) mass is 193 g/mol. The molecule has 3 nitrogen and oxygen atoms in total. The zero-order chi connectivity index (χ0) is 9.40. The van der Waals surface area contributed by atoms with Crippen LogP contribution in [0.4, 0.5) is 4.39 Å². The Hall–Kier alpha value is -0.285. The fourth-order valence-corrected chi connectivity index (χ4v) is 0.847. The van der Waals surface area contributed by atoms with E-state index in [2.05, 4.69) is 14.6 Å². The first-order chi connectivity index (χ1) is 5.70. The first-order valence-electron chi connectivity index (χ1n) is 3.37. The van der Waals surface area contributed by atoms with E-state index in [9.17, 15) is 4.39 Å². The van der Waals surface area contributed by atoms with Crippen LogP contribution < -0.4 is 0 Å². The van der Waals surface area contributed by atoms with Gasteiger partial charge in [0.05, 0.1) is 11.6 Å². The van der Waals surface area contributed by atoms with Gasteiger partial charge in [0.25, 0.3) is 8.05 Å². The maximum atomic E-state index is 12.8. The summed E-state index contributed by atoms with van der Waals surface area (Å²) in [6.45, 7) is 0.114. The van der Waals surface area contributed by atoms with Crippen LogP contribution in [0.25, 0.3) is 0 Å². The molecule has 0 aliphatic carbocycles. The number of rotatable bonds is 6. The Morgan fingerprint density at radius 1 is 1.75 bits per heavy atom. The summed E-state index contributed by atoms with van der Waals surface area (Å²) in [6, 6.07) is 0. The third-order valence-corrected chi connectivity index (χ3v) is 1.39. The van der Waals surface area contributed by atoms with Gasteiger partial charge in [-0.25, -0.2) is 4.39 Å². The van der Waals surface area contributed by atoms with E-state index in [1.807, 2.05) is 0 Å². The lowest BCUT2D eigenvalue weighted by atomic mass is 10.2. The number of hydrogen-bond donors (Lipinski definition) is 0. The molecule has 0 amide bonds. The van der Waals surface area contributed by atoms with Gasteiger partial charge in [0.15, 0.2) is 0 Å². The number of alkyl halides is 2. The molecular weight excluding hydrogens is 183 g/mol. The molecule has 0 bridgehead atoms. The zero-order valence-electron chi connectivity index (χ0n) is 6.74. The molecule has 0 aromatic rings. The molecule has 0 fully saturated rings. The quantitative estimate of drug-likeness (QED) is 0.273. The molecule has 12 heavy (non-hydrogen) atoms. The van der Waals surface area contributed by atoms with Crippen LogP contribution in [0, 0.1) is 0 Å². The molecule has 2 atom stereocenters. The highest BCUT2D eigenvalue weighted by Crippen LogP contribution is 2.07. The molecule has 0 saturated heterocycles. The van der Waals surface area contributed by atoms with Crippen LogP contribution in [0.15, 0.2) is 5.16 Å². The zero-order valence-corrected chi connectivity index (χ0v) is 7.50. The van der Waals surface area contributed by atoms with E-state index >= 15 is 0 Å². The Morgan fingerprint density at radius 3 is 2.92 bits per heavy atom. The molecule has 0 aliphatic rings. The maximum absolute atomic E-state index is 12.8. The Labute approximate surface area is 77.3 Å². The van der Waals surface area contributed by atoms with Gasteiger partial charge >= 0.3 is 0 Å². The number of nitrogens with zero attached hydrogens (tertiary/aromatic N) is 1. The van der Waals surface area contributed by atoms with Crippen molar-refractivity contribution in [3.05, 3.63) is 0 Å². The van der Waals surface area contributed by atoms with E-state index in [0.29, 0.717) is 0 Å². The molecule has 68 valence electrons. The molecule has 2 radical (unpaired) electrons. The second-order valence-electron chi connectivity index (χ2n) is 2.12. The van der Waals surface area contributed by atoms with Gasteiger partial charge in [0.2, 0.25) is 0 Å². The molecular formula is C6H10BClFNO2. The van der Waals surface area contributed by atoms with E-state index in [-0.39, 0.29) is 13.0 Å². The smallest absolute Gasteiger partial charge is 0.282 e. The summed E-state index contributed by atoms with van der Waals surface area (Å²) >= 11 is 5.61. The Bertz CT molecular complexity index is 139. The number of oxime groups is 1. The molecule has 0 unspecified atom stereocenters. The predicted octanol–water partition coefficient (Wildman–Crippen LogP) is 1.05. The molecule has 0 heterocycles. The first kappa shape index (κ1) is 11.7. The van der Waals surface area contributed by atoms with Crippen molar-refractivity contribution in [2.45, 2.75) is 18.0 Å². The van der Waals surface area contributed by atoms with Gasteiger partial charge in [-0.3, -0.25) is 0 Å². The Morgan fingerprint density at radius 2 is 2.42 bits per heavy atom. The lowest BCUT2D eigenvalue weighted by Gasteiger charge is -2.08. The third kappa shape index (κ3) is 6.43. The molecule has 6 heteroatoms. The number of halogens is 2. The van der Waals surface area contributed by atoms with Crippen LogP contribution >= 0.6 is 11.6 Å². The molecule has 0 aromatic carbocycles. The SMILES string of the molecule is [B]OC[C@H](Cl)C[C@H](F)/C=N\OC. The van der Waals surface area contributed by atoms with Gasteiger partial charge in [-0.2, -0.15) is 0 Å². The average molecular weight is 193 g/mol.